The van der Waals surface area contributed by atoms with E-state index in [1.54, 1.807) is 36.5 Å². The summed E-state index contributed by atoms with van der Waals surface area (Å²) in [6.07, 6.45) is 2.54. The molecule has 5 heteroatoms. The van der Waals surface area contributed by atoms with Gasteiger partial charge in [0.2, 0.25) is 0 Å². The Morgan fingerprint density at radius 1 is 1.45 bits per heavy atom. The Kier molecular flexibility index (Phi) is 3.98. The van der Waals surface area contributed by atoms with Crippen LogP contribution < -0.4 is 10.1 Å². The lowest BCUT2D eigenvalue weighted by Gasteiger charge is -2.06. The van der Waals surface area contributed by atoms with Crippen molar-refractivity contribution in [2.24, 2.45) is 0 Å². The molecule has 0 saturated heterocycles. The van der Waals surface area contributed by atoms with Crippen LogP contribution in [0.3, 0.4) is 0 Å². The van der Waals surface area contributed by atoms with E-state index in [2.05, 4.69) is 10.3 Å². The smallest absolute Gasteiger partial charge is 0.167 e. The first kappa shape index (κ1) is 13.5. The largest absolute Gasteiger partial charge is 0.484 e. The Bertz CT molecular complexity index is 595. The number of aromatic nitrogens is 1. The maximum absolute atomic E-state index is 13.8. The minimum atomic E-state index is -0.293. The molecule has 0 radical (unpaired) electrons. The van der Waals surface area contributed by atoms with Gasteiger partial charge in [-0.1, -0.05) is 12.1 Å². The van der Waals surface area contributed by atoms with Crippen molar-refractivity contribution in [3.63, 3.8) is 0 Å². The van der Waals surface area contributed by atoms with Crippen molar-refractivity contribution in [1.82, 2.24) is 10.3 Å². The van der Waals surface area contributed by atoms with E-state index >= 15 is 0 Å². The number of nitrogens with one attached hydrogen (secondary N) is 1. The van der Waals surface area contributed by atoms with Crippen molar-refractivity contribution in [1.29, 1.82) is 0 Å². The maximum atomic E-state index is 13.8. The summed E-state index contributed by atoms with van der Waals surface area (Å²) in [4.78, 5) is 4.49. The van der Waals surface area contributed by atoms with Gasteiger partial charge in [-0.3, -0.25) is 0 Å². The highest BCUT2D eigenvalue weighted by atomic mass is 32.1. The van der Waals surface area contributed by atoms with Crippen LogP contribution in [-0.4, -0.2) is 11.0 Å². The van der Waals surface area contributed by atoms with E-state index in [9.17, 15) is 4.39 Å². The van der Waals surface area contributed by atoms with Crippen LogP contribution in [0.1, 0.15) is 29.1 Å². The van der Waals surface area contributed by atoms with Crippen molar-refractivity contribution >= 4 is 11.3 Å². The molecule has 3 nitrogen and oxygen atoms in total. The predicted molar refractivity (Wildman–Crippen MR) is 77.4 cm³/mol. The van der Waals surface area contributed by atoms with Crippen molar-refractivity contribution in [2.75, 3.05) is 0 Å². The SMILES string of the molecule is Cc1cccc(OCc2csc(CNC3CC3)n2)c1F. The maximum Gasteiger partial charge on any atom is 0.167 e. The zero-order chi connectivity index (χ0) is 13.9. The highest BCUT2D eigenvalue weighted by molar-refractivity contribution is 7.09. The second kappa shape index (κ2) is 5.89. The van der Waals surface area contributed by atoms with E-state index in [1.165, 1.54) is 12.8 Å². The molecule has 2 aromatic rings. The zero-order valence-corrected chi connectivity index (χ0v) is 12.2. The minimum absolute atomic E-state index is 0.288. The third kappa shape index (κ3) is 3.35. The third-order valence-corrected chi connectivity index (χ3v) is 4.15. The van der Waals surface area contributed by atoms with Crippen LogP contribution >= 0.6 is 11.3 Å². The molecule has 20 heavy (non-hydrogen) atoms. The quantitative estimate of drug-likeness (QED) is 0.886. The summed E-state index contributed by atoms with van der Waals surface area (Å²) in [5.74, 6) is -0.00555. The molecule has 0 bridgehead atoms. The molecule has 0 spiro atoms. The van der Waals surface area contributed by atoms with E-state index in [4.69, 9.17) is 4.74 Å². The van der Waals surface area contributed by atoms with Gasteiger partial charge in [0.15, 0.2) is 11.6 Å². The van der Waals surface area contributed by atoms with Gasteiger partial charge in [0, 0.05) is 18.0 Å². The molecule has 1 N–H and O–H groups in total. The Balaban J connectivity index is 1.56. The van der Waals surface area contributed by atoms with Crippen LogP contribution in [0.4, 0.5) is 4.39 Å². The molecule has 1 aliphatic rings. The summed E-state index contributed by atoms with van der Waals surface area (Å²) in [7, 11) is 0. The lowest BCUT2D eigenvalue weighted by molar-refractivity contribution is 0.285. The van der Waals surface area contributed by atoms with Crippen molar-refractivity contribution < 1.29 is 9.13 Å². The summed E-state index contributed by atoms with van der Waals surface area (Å²) in [5, 5.41) is 6.45. The second-order valence-corrected chi connectivity index (χ2v) is 6.01. The molecular weight excluding hydrogens is 275 g/mol. The number of benzene rings is 1. The summed E-state index contributed by atoms with van der Waals surface area (Å²) in [6.45, 7) is 2.85. The van der Waals surface area contributed by atoms with Gasteiger partial charge in [-0.2, -0.15) is 0 Å². The number of rotatable bonds is 6. The number of hydrogen-bond donors (Lipinski definition) is 1. The first-order valence-corrected chi connectivity index (χ1v) is 7.65. The van der Waals surface area contributed by atoms with Gasteiger partial charge in [-0.15, -0.1) is 11.3 Å². The molecule has 0 amide bonds. The number of aryl methyl sites for hydroxylation is 1. The Morgan fingerprint density at radius 2 is 2.30 bits per heavy atom. The van der Waals surface area contributed by atoms with Gasteiger partial charge >= 0.3 is 0 Å². The average Bonchev–Trinajstić information content (AvgIpc) is 3.17. The fraction of sp³-hybridized carbons (Fsp3) is 0.400. The molecule has 3 rings (SSSR count). The van der Waals surface area contributed by atoms with E-state index in [0.29, 0.717) is 18.2 Å². The van der Waals surface area contributed by atoms with E-state index < -0.39 is 0 Å². The molecule has 1 heterocycles. The molecule has 106 valence electrons. The zero-order valence-electron chi connectivity index (χ0n) is 11.4. The predicted octanol–water partition coefficient (Wildman–Crippen LogP) is 3.42. The van der Waals surface area contributed by atoms with Crippen LogP contribution in [0.15, 0.2) is 23.6 Å². The summed E-state index contributed by atoms with van der Waals surface area (Å²) in [5.41, 5.74) is 1.44. The van der Waals surface area contributed by atoms with Crippen LogP contribution in [0.25, 0.3) is 0 Å². The molecule has 1 fully saturated rings. The van der Waals surface area contributed by atoms with Crippen LogP contribution in [0.2, 0.25) is 0 Å². The van der Waals surface area contributed by atoms with Gasteiger partial charge in [0.25, 0.3) is 0 Å². The van der Waals surface area contributed by atoms with Crippen LogP contribution in [0.5, 0.6) is 5.75 Å². The van der Waals surface area contributed by atoms with E-state index in [1.807, 2.05) is 5.38 Å². The fourth-order valence-corrected chi connectivity index (χ4v) is 2.63. The minimum Gasteiger partial charge on any atom is -0.484 e. The Hall–Kier alpha value is -1.46. The molecule has 0 atom stereocenters. The number of ether oxygens (including phenoxy) is 1. The van der Waals surface area contributed by atoms with Gasteiger partial charge in [-0.05, 0) is 31.4 Å². The summed E-state index contributed by atoms with van der Waals surface area (Å²) in [6, 6.07) is 5.84. The average molecular weight is 292 g/mol. The van der Waals surface area contributed by atoms with E-state index in [0.717, 1.165) is 17.2 Å². The molecule has 1 aromatic heterocycles. The number of hydrogen-bond acceptors (Lipinski definition) is 4. The number of nitrogens with zero attached hydrogens (tertiary/aromatic N) is 1. The molecule has 1 saturated carbocycles. The lowest BCUT2D eigenvalue weighted by atomic mass is 10.2. The molecule has 1 aliphatic carbocycles. The standard InChI is InChI=1S/C15H17FN2OS/c1-10-3-2-4-13(15(10)16)19-8-12-9-20-14(18-12)7-17-11-5-6-11/h2-4,9,11,17H,5-8H2,1H3. The van der Waals surface area contributed by atoms with Crippen molar-refractivity contribution in [2.45, 2.75) is 39.0 Å². The van der Waals surface area contributed by atoms with Crippen LogP contribution in [-0.2, 0) is 13.2 Å². The third-order valence-electron chi connectivity index (χ3n) is 3.25. The highest BCUT2D eigenvalue weighted by Gasteiger charge is 2.20. The summed E-state index contributed by atoms with van der Waals surface area (Å²) >= 11 is 1.61. The fourth-order valence-electron chi connectivity index (χ4n) is 1.90. The van der Waals surface area contributed by atoms with Gasteiger partial charge in [-0.25, -0.2) is 9.37 Å². The van der Waals surface area contributed by atoms with Crippen LogP contribution in [0, 0.1) is 12.7 Å². The van der Waals surface area contributed by atoms with E-state index in [-0.39, 0.29) is 11.6 Å². The number of thiazole rings is 1. The Morgan fingerprint density at radius 3 is 3.10 bits per heavy atom. The monoisotopic (exact) mass is 292 g/mol. The highest BCUT2D eigenvalue weighted by Crippen LogP contribution is 2.22. The molecule has 1 aromatic carbocycles. The van der Waals surface area contributed by atoms with Gasteiger partial charge in [0.05, 0.1) is 5.69 Å². The van der Waals surface area contributed by atoms with Crippen molar-refractivity contribution in [3.05, 3.63) is 45.7 Å². The van der Waals surface area contributed by atoms with Gasteiger partial charge in [0.1, 0.15) is 11.6 Å². The first-order chi connectivity index (χ1) is 9.72. The Labute approximate surface area is 121 Å². The molecule has 0 unspecified atom stereocenters. The van der Waals surface area contributed by atoms with Gasteiger partial charge < -0.3 is 10.1 Å². The number of halogens is 1. The summed E-state index contributed by atoms with van der Waals surface area (Å²) < 4.78 is 19.3. The normalized spacial score (nSPS) is 14.5. The molecular formula is C15H17FN2OS. The van der Waals surface area contributed by atoms with Crippen molar-refractivity contribution in [3.8, 4) is 5.75 Å². The lowest BCUT2D eigenvalue weighted by Crippen LogP contribution is -2.15. The molecule has 0 aliphatic heterocycles. The second-order valence-electron chi connectivity index (χ2n) is 5.06. The topological polar surface area (TPSA) is 34.1 Å². The first-order valence-electron chi connectivity index (χ1n) is 6.77.